The number of hydrazone groups is 1. The fourth-order valence-corrected chi connectivity index (χ4v) is 3.33. The summed E-state index contributed by atoms with van der Waals surface area (Å²) in [4.78, 5) is 38.5. The third-order valence-electron chi connectivity index (χ3n) is 3.69. The lowest BCUT2D eigenvalue weighted by Crippen LogP contribution is -2.32. The van der Waals surface area contributed by atoms with Gasteiger partial charge in [-0.15, -0.1) is 11.3 Å². The van der Waals surface area contributed by atoms with E-state index in [1.807, 2.05) is 17.5 Å². The largest absolute Gasteiger partial charge is 0.494 e. The van der Waals surface area contributed by atoms with Crippen molar-refractivity contribution < 1.29 is 9.90 Å². The number of H-pyrrole nitrogens is 1. The summed E-state index contributed by atoms with van der Waals surface area (Å²) in [5, 5.41) is 17.5. The summed E-state index contributed by atoms with van der Waals surface area (Å²) in [6.07, 6.45) is 0.287. The summed E-state index contributed by atoms with van der Waals surface area (Å²) in [6.45, 7) is 1.39. The molecule has 9 heteroatoms. The average Bonchev–Trinajstić information content (AvgIpc) is 3.13. The van der Waals surface area contributed by atoms with Crippen LogP contribution in [0.25, 0.3) is 0 Å². The van der Waals surface area contributed by atoms with Gasteiger partial charge in [0.05, 0.1) is 11.8 Å². The second-order valence-corrected chi connectivity index (χ2v) is 6.14. The fraction of sp³-hybridized carbons (Fsp3) is 0.286. The quantitative estimate of drug-likeness (QED) is 0.835. The van der Waals surface area contributed by atoms with E-state index in [0.717, 1.165) is 9.44 Å². The normalized spacial score (nSPS) is 17.4. The van der Waals surface area contributed by atoms with Gasteiger partial charge in [-0.25, -0.2) is 9.80 Å². The Hall–Kier alpha value is -2.68. The van der Waals surface area contributed by atoms with Gasteiger partial charge in [0.15, 0.2) is 0 Å². The maximum Gasteiger partial charge on any atom is 0.330 e. The van der Waals surface area contributed by atoms with Crippen molar-refractivity contribution >= 4 is 23.0 Å². The molecule has 2 aromatic rings. The van der Waals surface area contributed by atoms with Crippen LogP contribution in [0.1, 0.15) is 29.8 Å². The molecule has 1 amide bonds. The number of hydrogen-bond acceptors (Lipinski definition) is 6. The Morgan fingerprint density at radius 1 is 1.48 bits per heavy atom. The number of amides is 1. The summed E-state index contributed by atoms with van der Waals surface area (Å²) >= 11 is 1.48. The van der Waals surface area contributed by atoms with E-state index in [9.17, 15) is 19.5 Å². The first kappa shape index (κ1) is 15.2. The second kappa shape index (κ2) is 5.51. The van der Waals surface area contributed by atoms with E-state index < -0.39 is 17.1 Å². The lowest BCUT2D eigenvalue weighted by Gasteiger charge is -2.18. The van der Waals surface area contributed by atoms with E-state index in [1.54, 1.807) is 0 Å². The molecule has 120 valence electrons. The Morgan fingerprint density at radius 2 is 2.22 bits per heavy atom. The van der Waals surface area contributed by atoms with Gasteiger partial charge in [0.2, 0.25) is 11.8 Å². The summed E-state index contributed by atoms with van der Waals surface area (Å²) in [5.41, 5.74) is -1.25. The number of aromatic hydroxyl groups is 1. The van der Waals surface area contributed by atoms with Crippen LogP contribution in [0.15, 0.2) is 32.2 Å². The standard InChI is InChI=1S/C14H14N4O4S/c1-7(19)18-9(10-4-3-5-23-10)6-8(16-18)11-12(20)15-14(22)17(2)13(11)21/h3-5,9,21H,6H2,1-2H3,(H,15,20,22). The number of carbonyl (C=O) groups is 1. The minimum absolute atomic E-state index is 0.0857. The Balaban J connectivity index is 2.10. The first-order valence-electron chi connectivity index (χ1n) is 6.83. The molecule has 0 fully saturated rings. The molecule has 0 aliphatic carbocycles. The monoisotopic (exact) mass is 334 g/mol. The van der Waals surface area contributed by atoms with E-state index in [2.05, 4.69) is 10.1 Å². The van der Waals surface area contributed by atoms with E-state index in [4.69, 9.17) is 0 Å². The zero-order valence-corrected chi connectivity index (χ0v) is 13.3. The maximum absolute atomic E-state index is 12.1. The van der Waals surface area contributed by atoms with Crippen LogP contribution in [0.4, 0.5) is 0 Å². The van der Waals surface area contributed by atoms with Gasteiger partial charge in [-0.2, -0.15) is 5.10 Å². The Labute approximate surface area is 134 Å². The molecule has 8 nitrogen and oxygen atoms in total. The molecule has 1 aliphatic heterocycles. The Bertz CT molecular complexity index is 910. The second-order valence-electron chi connectivity index (χ2n) is 5.16. The number of thiophene rings is 1. The van der Waals surface area contributed by atoms with Crippen LogP contribution in [-0.2, 0) is 11.8 Å². The number of hydrogen-bond donors (Lipinski definition) is 2. The van der Waals surface area contributed by atoms with Crippen LogP contribution in [0.2, 0.25) is 0 Å². The number of rotatable bonds is 2. The molecule has 0 aromatic carbocycles. The van der Waals surface area contributed by atoms with Crippen LogP contribution in [0.3, 0.4) is 0 Å². The van der Waals surface area contributed by atoms with Crippen LogP contribution >= 0.6 is 11.3 Å². The smallest absolute Gasteiger partial charge is 0.330 e. The van der Waals surface area contributed by atoms with Crippen LogP contribution in [0, 0.1) is 0 Å². The predicted octanol–water partition coefficient (Wildman–Crippen LogP) is 0.538. The van der Waals surface area contributed by atoms with E-state index in [1.165, 1.54) is 30.3 Å². The van der Waals surface area contributed by atoms with Gasteiger partial charge < -0.3 is 5.11 Å². The maximum atomic E-state index is 12.1. The van der Waals surface area contributed by atoms with Crippen molar-refractivity contribution in [1.82, 2.24) is 14.6 Å². The third-order valence-corrected chi connectivity index (χ3v) is 4.66. The van der Waals surface area contributed by atoms with Crippen LogP contribution < -0.4 is 11.2 Å². The molecule has 0 bridgehead atoms. The van der Waals surface area contributed by atoms with Crippen LogP contribution in [-0.4, -0.2) is 31.3 Å². The van der Waals surface area contributed by atoms with Gasteiger partial charge in [0.1, 0.15) is 5.56 Å². The molecular weight excluding hydrogens is 320 g/mol. The molecule has 2 N–H and O–H groups in total. The molecule has 0 saturated heterocycles. The highest BCUT2D eigenvalue weighted by Gasteiger charge is 2.34. The molecule has 1 aliphatic rings. The molecule has 3 rings (SSSR count). The fourth-order valence-electron chi connectivity index (χ4n) is 2.52. The summed E-state index contributed by atoms with van der Waals surface area (Å²) in [5.74, 6) is -0.730. The van der Waals surface area contributed by atoms with Gasteiger partial charge in [0, 0.05) is 25.3 Å². The number of nitrogens with zero attached hydrogens (tertiary/aromatic N) is 3. The Kier molecular flexibility index (Phi) is 3.64. The van der Waals surface area contributed by atoms with E-state index in [-0.39, 0.29) is 29.6 Å². The zero-order chi connectivity index (χ0) is 16.7. The molecule has 0 spiro atoms. The topological polar surface area (TPSA) is 108 Å². The van der Waals surface area contributed by atoms with Crippen molar-refractivity contribution in [2.75, 3.05) is 0 Å². The lowest BCUT2D eigenvalue weighted by molar-refractivity contribution is -0.130. The molecule has 0 saturated carbocycles. The van der Waals surface area contributed by atoms with E-state index in [0.29, 0.717) is 0 Å². The SMILES string of the molecule is CC(=O)N1N=C(c2c(O)n(C)c(=O)[nH]c2=O)CC1c1cccs1. The molecular formula is C14H14N4O4S. The van der Waals surface area contributed by atoms with Crippen molar-refractivity contribution in [1.29, 1.82) is 0 Å². The summed E-state index contributed by atoms with van der Waals surface area (Å²) in [7, 11) is 1.34. The number of aromatic nitrogens is 2. The number of aromatic amines is 1. The van der Waals surface area contributed by atoms with Gasteiger partial charge in [-0.3, -0.25) is 19.1 Å². The highest BCUT2D eigenvalue weighted by atomic mass is 32.1. The Morgan fingerprint density at radius 3 is 2.83 bits per heavy atom. The van der Waals surface area contributed by atoms with E-state index >= 15 is 0 Å². The minimum Gasteiger partial charge on any atom is -0.494 e. The van der Waals surface area contributed by atoms with Gasteiger partial charge in [-0.05, 0) is 11.4 Å². The third kappa shape index (κ3) is 2.48. The highest BCUT2D eigenvalue weighted by molar-refractivity contribution is 7.10. The molecule has 0 radical (unpaired) electrons. The van der Waals surface area contributed by atoms with Crippen molar-refractivity contribution in [3.05, 3.63) is 48.8 Å². The van der Waals surface area contributed by atoms with Crippen LogP contribution in [0.5, 0.6) is 5.88 Å². The van der Waals surface area contributed by atoms with Gasteiger partial charge in [0.25, 0.3) is 5.56 Å². The lowest BCUT2D eigenvalue weighted by atomic mass is 10.0. The predicted molar refractivity (Wildman–Crippen MR) is 84.7 cm³/mol. The molecule has 2 aromatic heterocycles. The molecule has 23 heavy (non-hydrogen) atoms. The number of nitrogens with one attached hydrogen (secondary N) is 1. The molecule has 1 unspecified atom stereocenters. The average molecular weight is 334 g/mol. The van der Waals surface area contributed by atoms with Gasteiger partial charge >= 0.3 is 5.69 Å². The number of carbonyl (C=O) groups excluding carboxylic acids is 1. The van der Waals surface area contributed by atoms with Crippen molar-refractivity contribution in [2.24, 2.45) is 12.1 Å². The van der Waals surface area contributed by atoms with Crippen molar-refractivity contribution in [2.45, 2.75) is 19.4 Å². The molecule has 3 heterocycles. The summed E-state index contributed by atoms with van der Waals surface area (Å²) in [6, 6.07) is 3.43. The minimum atomic E-state index is -0.723. The highest BCUT2D eigenvalue weighted by Crippen LogP contribution is 2.35. The first-order valence-corrected chi connectivity index (χ1v) is 7.71. The van der Waals surface area contributed by atoms with Crippen molar-refractivity contribution in [3.8, 4) is 5.88 Å². The first-order chi connectivity index (χ1) is 10.9. The molecule has 1 atom stereocenters. The zero-order valence-electron chi connectivity index (χ0n) is 12.4. The van der Waals surface area contributed by atoms with Crippen molar-refractivity contribution in [3.63, 3.8) is 0 Å². The van der Waals surface area contributed by atoms with Gasteiger partial charge in [-0.1, -0.05) is 6.07 Å². The summed E-state index contributed by atoms with van der Waals surface area (Å²) < 4.78 is 0.926.